The first-order chi connectivity index (χ1) is 18.2. The second-order valence-electron chi connectivity index (χ2n) is 9.53. The van der Waals surface area contributed by atoms with Gasteiger partial charge in [-0.05, 0) is 56.5 Å². The van der Waals surface area contributed by atoms with Gasteiger partial charge in [0.2, 0.25) is 12.3 Å². The molecule has 0 spiro atoms. The summed E-state index contributed by atoms with van der Waals surface area (Å²) in [5.74, 6) is -0.659. The van der Waals surface area contributed by atoms with Gasteiger partial charge in [0.15, 0.2) is 0 Å². The second kappa shape index (κ2) is 12.4. The van der Waals surface area contributed by atoms with E-state index < -0.39 is 11.9 Å². The Labute approximate surface area is 230 Å². The number of rotatable bonds is 11. The SMILES string of the molecule is Cc1ncc(Cl)cc1N[C@@H](C)c1ccc(N(C=O)[C@@H](CC2CCCC2)C(=O)Nc2ccnc(C(N)=O)c2)s1. The van der Waals surface area contributed by atoms with Crippen LogP contribution in [0, 0.1) is 12.8 Å². The molecule has 2 atom stereocenters. The Balaban J connectivity index is 1.56. The van der Waals surface area contributed by atoms with Gasteiger partial charge in [-0.3, -0.25) is 29.3 Å². The van der Waals surface area contributed by atoms with Gasteiger partial charge in [0.25, 0.3) is 5.91 Å². The number of thiophene rings is 1. The third-order valence-electron chi connectivity index (χ3n) is 6.78. The lowest BCUT2D eigenvalue weighted by molar-refractivity contribution is -0.119. The largest absolute Gasteiger partial charge is 0.376 e. The Morgan fingerprint density at radius 3 is 2.71 bits per heavy atom. The Morgan fingerprint density at radius 2 is 2.00 bits per heavy atom. The summed E-state index contributed by atoms with van der Waals surface area (Å²) in [4.78, 5) is 48.2. The maximum Gasteiger partial charge on any atom is 0.267 e. The van der Waals surface area contributed by atoms with Crippen molar-refractivity contribution in [2.24, 2.45) is 11.7 Å². The summed E-state index contributed by atoms with van der Waals surface area (Å²) in [6.45, 7) is 3.92. The predicted octanol–water partition coefficient (Wildman–Crippen LogP) is 5.32. The number of anilines is 3. The minimum absolute atomic E-state index is 0.0527. The average molecular weight is 555 g/mol. The smallest absolute Gasteiger partial charge is 0.267 e. The van der Waals surface area contributed by atoms with Crippen molar-refractivity contribution in [3.63, 3.8) is 0 Å². The fourth-order valence-electron chi connectivity index (χ4n) is 4.73. The van der Waals surface area contributed by atoms with E-state index in [2.05, 4.69) is 20.6 Å². The van der Waals surface area contributed by atoms with E-state index in [1.807, 2.05) is 32.0 Å². The molecule has 4 N–H and O–H groups in total. The maximum absolute atomic E-state index is 13.5. The van der Waals surface area contributed by atoms with Crippen molar-refractivity contribution in [3.05, 3.63) is 64.0 Å². The standard InChI is InChI=1S/C27H31ClN6O3S/c1-16-21(12-19(28)14-31-16)32-17(2)24-7-8-25(38-24)34(15-35)23(11-18-5-3-4-6-18)27(37)33-20-9-10-30-22(13-20)26(29)36/h7-10,12-15,17-18,23,32H,3-6,11H2,1-2H3,(H2,29,36)(H,30,33,37)/t17-,23-/m0/s1. The summed E-state index contributed by atoms with van der Waals surface area (Å²) in [5, 5.41) is 7.50. The second-order valence-corrected chi connectivity index (χ2v) is 11.1. The van der Waals surface area contributed by atoms with E-state index in [1.165, 1.54) is 28.5 Å². The number of pyridine rings is 2. The minimum Gasteiger partial charge on any atom is -0.376 e. The minimum atomic E-state index is -0.713. The van der Waals surface area contributed by atoms with E-state index in [1.54, 1.807) is 12.3 Å². The van der Waals surface area contributed by atoms with Crippen LogP contribution in [-0.2, 0) is 9.59 Å². The molecule has 0 bridgehead atoms. The number of nitrogens with two attached hydrogens (primary N) is 1. The number of hydrogen-bond acceptors (Lipinski definition) is 7. The molecule has 3 aromatic heterocycles. The topological polar surface area (TPSA) is 130 Å². The van der Waals surface area contributed by atoms with Gasteiger partial charge in [-0.25, -0.2) is 0 Å². The van der Waals surface area contributed by atoms with Gasteiger partial charge in [0.1, 0.15) is 11.7 Å². The van der Waals surface area contributed by atoms with Crippen LogP contribution in [-0.4, -0.2) is 34.2 Å². The molecule has 38 heavy (non-hydrogen) atoms. The van der Waals surface area contributed by atoms with Crippen LogP contribution in [0.25, 0.3) is 0 Å². The average Bonchev–Trinajstić information content (AvgIpc) is 3.59. The number of nitrogens with one attached hydrogen (secondary N) is 2. The van der Waals surface area contributed by atoms with Crippen LogP contribution in [0.15, 0.2) is 42.7 Å². The summed E-state index contributed by atoms with van der Waals surface area (Å²) in [5.41, 5.74) is 7.45. The molecule has 1 aliphatic rings. The summed E-state index contributed by atoms with van der Waals surface area (Å²) >= 11 is 7.56. The molecule has 1 fully saturated rings. The predicted molar refractivity (Wildman–Crippen MR) is 151 cm³/mol. The van der Waals surface area contributed by atoms with Crippen LogP contribution in [0.3, 0.4) is 0 Å². The van der Waals surface area contributed by atoms with Crippen molar-refractivity contribution in [2.45, 2.75) is 58.0 Å². The summed E-state index contributed by atoms with van der Waals surface area (Å²) in [7, 11) is 0. The van der Waals surface area contributed by atoms with Crippen molar-refractivity contribution in [2.75, 3.05) is 15.5 Å². The molecule has 3 aromatic rings. The van der Waals surface area contributed by atoms with Gasteiger partial charge in [0.05, 0.1) is 27.4 Å². The number of primary amides is 1. The molecule has 0 saturated heterocycles. The molecule has 1 saturated carbocycles. The zero-order chi connectivity index (χ0) is 27.2. The number of carbonyl (C=O) groups is 3. The van der Waals surface area contributed by atoms with Crippen LogP contribution < -0.4 is 21.3 Å². The fraction of sp³-hybridized carbons (Fsp3) is 0.370. The molecule has 0 radical (unpaired) electrons. The Kier molecular flexibility index (Phi) is 8.96. The highest BCUT2D eigenvalue weighted by atomic mass is 35.5. The van der Waals surface area contributed by atoms with E-state index in [-0.39, 0.29) is 17.6 Å². The molecule has 9 nitrogen and oxygen atoms in total. The monoisotopic (exact) mass is 554 g/mol. The van der Waals surface area contributed by atoms with Gasteiger partial charge in [-0.1, -0.05) is 37.3 Å². The first-order valence-electron chi connectivity index (χ1n) is 12.5. The van der Waals surface area contributed by atoms with Gasteiger partial charge in [-0.2, -0.15) is 0 Å². The number of aromatic nitrogens is 2. The molecule has 4 rings (SSSR count). The molecule has 0 aromatic carbocycles. The van der Waals surface area contributed by atoms with Crippen LogP contribution in [0.1, 0.15) is 66.1 Å². The molecule has 0 aliphatic heterocycles. The molecule has 200 valence electrons. The van der Waals surface area contributed by atoms with Crippen molar-refractivity contribution in [3.8, 4) is 0 Å². The number of aryl methyl sites for hydroxylation is 1. The molecule has 3 amide bonds. The summed E-state index contributed by atoms with van der Waals surface area (Å²) < 4.78 is 0. The lowest BCUT2D eigenvalue weighted by atomic mass is 9.97. The van der Waals surface area contributed by atoms with Gasteiger partial charge in [0, 0.05) is 23.0 Å². The van der Waals surface area contributed by atoms with Crippen LogP contribution in [0.4, 0.5) is 16.4 Å². The molecule has 3 heterocycles. The van der Waals surface area contributed by atoms with Crippen LogP contribution >= 0.6 is 22.9 Å². The van der Waals surface area contributed by atoms with E-state index in [0.717, 1.165) is 48.4 Å². The van der Waals surface area contributed by atoms with Crippen molar-refractivity contribution >= 4 is 57.5 Å². The lowest BCUT2D eigenvalue weighted by Gasteiger charge is -2.28. The van der Waals surface area contributed by atoms with Crippen LogP contribution in [0.2, 0.25) is 5.02 Å². The zero-order valence-corrected chi connectivity index (χ0v) is 22.9. The highest BCUT2D eigenvalue weighted by Crippen LogP contribution is 2.36. The van der Waals surface area contributed by atoms with E-state index in [4.69, 9.17) is 17.3 Å². The van der Waals surface area contributed by atoms with Crippen LogP contribution in [0.5, 0.6) is 0 Å². The van der Waals surface area contributed by atoms with Crippen molar-refractivity contribution < 1.29 is 14.4 Å². The zero-order valence-electron chi connectivity index (χ0n) is 21.3. The molecular weight excluding hydrogens is 524 g/mol. The summed E-state index contributed by atoms with van der Waals surface area (Å²) in [6.07, 6.45) is 8.59. The summed E-state index contributed by atoms with van der Waals surface area (Å²) in [6, 6.07) is 7.88. The number of amides is 3. The molecule has 11 heteroatoms. The van der Waals surface area contributed by atoms with E-state index >= 15 is 0 Å². The molecule has 0 unspecified atom stereocenters. The first kappa shape index (κ1) is 27.5. The third-order valence-corrected chi connectivity index (χ3v) is 8.27. The van der Waals surface area contributed by atoms with E-state index in [9.17, 15) is 14.4 Å². The van der Waals surface area contributed by atoms with Gasteiger partial charge < -0.3 is 16.4 Å². The normalized spacial score (nSPS) is 15.0. The molecule has 1 aliphatic carbocycles. The maximum atomic E-state index is 13.5. The van der Waals surface area contributed by atoms with Gasteiger partial charge in [-0.15, -0.1) is 11.3 Å². The number of carbonyl (C=O) groups excluding carboxylic acids is 3. The number of halogens is 1. The molecular formula is C27H31ClN6O3S. The van der Waals surface area contributed by atoms with Crippen molar-refractivity contribution in [1.82, 2.24) is 9.97 Å². The lowest BCUT2D eigenvalue weighted by Crippen LogP contribution is -2.44. The Hall–Kier alpha value is -3.50. The Morgan fingerprint density at radius 1 is 1.24 bits per heavy atom. The highest BCUT2D eigenvalue weighted by Gasteiger charge is 2.32. The first-order valence-corrected chi connectivity index (χ1v) is 13.7. The fourth-order valence-corrected chi connectivity index (χ4v) is 5.91. The quantitative estimate of drug-likeness (QED) is 0.275. The number of nitrogens with zero attached hydrogens (tertiary/aromatic N) is 3. The third kappa shape index (κ3) is 6.68. The van der Waals surface area contributed by atoms with Crippen molar-refractivity contribution in [1.29, 1.82) is 0 Å². The Bertz CT molecular complexity index is 1310. The highest BCUT2D eigenvalue weighted by molar-refractivity contribution is 7.16. The van der Waals surface area contributed by atoms with Gasteiger partial charge >= 0.3 is 0 Å². The van der Waals surface area contributed by atoms with E-state index in [0.29, 0.717) is 28.0 Å². The number of hydrogen-bond donors (Lipinski definition) is 3.